The summed E-state index contributed by atoms with van der Waals surface area (Å²) in [6.45, 7) is 1.21. The fourth-order valence-electron chi connectivity index (χ4n) is 3.36. The Morgan fingerprint density at radius 2 is 1.81 bits per heavy atom. The normalized spacial score (nSPS) is 18.2. The SMILES string of the molecule is O=C(C1=NN(Cc2cccc(F)c2)c2ccccc2S1(=O)=O)N1CCCC1. The molecule has 2 aliphatic heterocycles. The lowest BCUT2D eigenvalue weighted by molar-refractivity contribution is -0.122. The first-order valence-electron chi connectivity index (χ1n) is 8.71. The van der Waals surface area contributed by atoms with Gasteiger partial charge in [0.15, 0.2) is 0 Å². The smallest absolute Gasteiger partial charge is 0.286 e. The maximum absolute atomic E-state index is 13.5. The van der Waals surface area contributed by atoms with Crippen molar-refractivity contribution >= 4 is 26.5 Å². The molecule has 0 unspecified atom stereocenters. The van der Waals surface area contributed by atoms with E-state index in [2.05, 4.69) is 5.10 Å². The Morgan fingerprint density at radius 1 is 1.07 bits per heavy atom. The van der Waals surface area contributed by atoms with E-state index in [1.807, 2.05) is 0 Å². The lowest BCUT2D eigenvalue weighted by atomic mass is 10.2. The quantitative estimate of drug-likeness (QED) is 0.812. The molecule has 0 aliphatic carbocycles. The van der Waals surface area contributed by atoms with Crippen LogP contribution in [0.5, 0.6) is 0 Å². The zero-order valence-electron chi connectivity index (χ0n) is 14.5. The molecule has 6 nitrogen and oxygen atoms in total. The van der Waals surface area contributed by atoms with Crippen LogP contribution in [0.2, 0.25) is 0 Å². The number of hydrogen-bond acceptors (Lipinski definition) is 5. The monoisotopic (exact) mass is 387 g/mol. The van der Waals surface area contributed by atoms with E-state index in [1.54, 1.807) is 30.3 Å². The van der Waals surface area contributed by atoms with Crippen LogP contribution < -0.4 is 5.01 Å². The van der Waals surface area contributed by atoms with Gasteiger partial charge in [-0.1, -0.05) is 24.3 Å². The van der Waals surface area contributed by atoms with Crippen molar-refractivity contribution in [1.29, 1.82) is 0 Å². The first-order chi connectivity index (χ1) is 13.0. The second-order valence-corrected chi connectivity index (χ2v) is 8.40. The molecule has 2 aromatic rings. The summed E-state index contributed by atoms with van der Waals surface area (Å²) < 4.78 is 39.5. The van der Waals surface area contributed by atoms with Crippen LogP contribution in [0.25, 0.3) is 0 Å². The van der Waals surface area contributed by atoms with Gasteiger partial charge in [-0.05, 0) is 42.7 Å². The standard InChI is InChI=1S/C19H18FN3O3S/c20-15-7-5-6-14(12-15)13-23-16-8-1-2-9-17(16)27(25,26)18(21-23)19(24)22-10-3-4-11-22/h1-2,5-9,12H,3-4,10-11,13H2. The molecule has 1 amide bonds. The maximum atomic E-state index is 13.5. The van der Waals surface area contributed by atoms with Crippen molar-refractivity contribution in [3.8, 4) is 0 Å². The van der Waals surface area contributed by atoms with Gasteiger partial charge in [-0.15, -0.1) is 0 Å². The number of carbonyl (C=O) groups excluding carboxylic acids is 1. The molecule has 0 N–H and O–H groups in total. The van der Waals surface area contributed by atoms with E-state index >= 15 is 0 Å². The summed E-state index contributed by atoms with van der Waals surface area (Å²) in [6, 6.07) is 12.4. The van der Waals surface area contributed by atoms with Crippen molar-refractivity contribution in [2.75, 3.05) is 18.1 Å². The van der Waals surface area contributed by atoms with Crippen LogP contribution in [-0.4, -0.2) is 37.4 Å². The minimum absolute atomic E-state index is 0.0407. The van der Waals surface area contributed by atoms with E-state index in [1.165, 1.54) is 28.1 Å². The third-order valence-corrected chi connectivity index (χ3v) is 6.39. The summed E-state index contributed by atoms with van der Waals surface area (Å²) in [7, 11) is -4.01. The molecule has 2 aromatic carbocycles. The zero-order valence-corrected chi connectivity index (χ0v) is 15.3. The summed E-state index contributed by atoms with van der Waals surface area (Å²) >= 11 is 0. The molecule has 0 atom stereocenters. The van der Waals surface area contributed by atoms with Crippen LogP contribution in [-0.2, 0) is 21.2 Å². The lowest BCUT2D eigenvalue weighted by Gasteiger charge is -2.28. The zero-order chi connectivity index (χ0) is 19.0. The van der Waals surface area contributed by atoms with Gasteiger partial charge >= 0.3 is 0 Å². The number of amides is 1. The lowest BCUT2D eigenvalue weighted by Crippen LogP contribution is -2.42. The number of benzene rings is 2. The molecule has 2 heterocycles. The minimum atomic E-state index is -4.01. The van der Waals surface area contributed by atoms with E-state index in [0.717, 1.165) is 12.8 Å². The van der Waals surface area contributed by atoms with Gasteiger partial charge < -0.3 is 4.90 Å². The van der Waals surface area contributed by atoms with Gasteiger partial charge in [-0.3, -0.25) is 9.80 Å². The number of para-hydroxylation sites is 1. The largest absolute Gasteiger partial charge is 0.337 e. The Hall–Kier alpha value is -2.74. The predicted molar refractivity (Wildman–Crippen MR) is 99.5 cm³/mol. The molecule has 0 saturated carbocycles. The Kier molecular flexibility index (Phi) is 4.43. The van der Waals surface area contributed by atoms with Gasteiger partial charge in [0.1, 0.15) is 5.82 Å². The molecule has 1 saturated heterocycles. The molecule has 0 aromatic heterocycles. The van der Waals surface area contributed by atoms with Gasteiger partial charge in [0.05, 0.1) is 17.1 Å². The summed E-state index contributed by atoms with van der Waals surface area (Å²) in [5.74, 6) is -0.964. The number of rotatable bonds is 3. The third-order valence-electron chi connectivity index (χ3n) is 4.70. The first kappa shape index (κ1) is 17.7. The fourth-order valence-corrected chi connectivity index (χ4v) is 4.84. The van der Waals surface area contributed by atoms with Gasteiger partial charge in [0.25, 0.3) is 5.91 Å². The summed E-state index contributed by atoms with van der Waals surface area (Å²) in [4.78, 5) is 14.4. The molecule has 8 heteroatoms. The van der Waals surface area contributed by atoms with Gasteiger partial charge in [-0.2, -0.15) is 5.10 Å². The van der Waals surface area contributed by atoms with E-state index < -0.39 is 20.8 Å². The van der Waals surface area contributed by atoms with Crippen molar-refractivity contribution in [2.24, 2.45) is 5.10 Å². The van der Waals surface area contributed by atoms with Gasteiger partial charge in [0.2, 0.25) is 14.9 Å². The second kappa shape index (κ2) is 6.77. The number of likely N-dealkylation sites (tertiary alicyclic amines) is 1. The molecular formula is C19H18FN3O3S. The highest BCUT2D eigenvalue weighted by Crippen LogP contribution is 2.33. The van der Waals surface area contributed by atoms with E-state index in [-0.39, 0.29) is 17.3 Å². The highest BCUT2D eigenvalue weighted by Gasteiger charge is 2.39. The van der Waals surface area contributed by atoms with E-state index in [9.17, 15) is 17.6 Å². The van der Waals surface area contributed by atoms with Crippen molar-refractivity contribution in [1.82, 2.24) is 4.90 Å². The third kappa shape index (κ3) is 3.21. The van der Waals surface area contributed by atoms with Crippen LogP contribution in [0.4, 0.5) is 10.1 Å². The molecule has 1 fully saturated rings. The average Bonchev–Trinajstić information content (AvgIpc) is 3.18. The molecule has 27 heavy (non-hydrogen) atoms. The van der Waals surface area contributed by atoms with E-state index in [4.69, 9.17) is 0 Å². The highest BCUT2D eigenvalue weighted by atomic mass is 32.2. The van der Waals surface area contributed by atoms with Gasteiger partial charge in [0, 0.05) is 13.1 Å². The Labute approximate surface area is 156 Å². The number of hydrogen-bond donors (Lipinski definition) is 0. The van der Waals surface area contributed by atoms with Gasteiger partial charge in [-0.25, -0.2) is 12.8 Å². The minimum Gasteiger partial charge on any atom is -0.337 e. The number of nitrogens with zero attached hydrogens (tertiary/aromatic N) is 3. The van der Waals surface area contributed by atoms with Crippen LogP contribution in [0.1, 0.15) is 18.4 Å². The Balaban J connectivity index is 1.78. The maximum Gasteiger partial charge on any atom is 0.286 e. The second-order valence-electron chi connectivity index (χ2n) is 6.56. The number of hydrazone groups is 1. The van der Waals surface area contributed by atoms with E-state index in [0.29, 0.717) is 24.3 Å². The summed E-state index contributed by atoms with van der Waals surface area (Å²) in [5.41, 5.74) is 1.00. The van der Waals surface area contributed by atoms with Crippen LogP contribution >= 0.6 is 0 Å². The number of halogens is 1. The topological polar surface area (TPSA) is 70.0 Å². The Bertz CT molecular complexity index is 1030. The number of anilines is 1. The number of fused-ring (bicyclic) bond motifs is 1. The Morgan fingerprint density at radius 3 is 2.56 bits per heavy atom. The molecule has 4 rings (SSSR count). The predicted octanol–water partition coefficient (Wildman–Crippen LogP) is 2.56. The molecule has 0 radical (unpaired) electrons. The van der Waals surface area contributed by atoms with Crippen molar-refractivity contribution in [3.05, 3.63) is 59.9 Å². The molecule has 140 valence electrons. The molecule has 2 aliphatic rings. The van der Waals surface area contributed by atoms with Crippen LogP contribution in [0.3, 0.4) is 0 Å². The number of sulfone groups is 1. The number of carbonyl (C=O) groups is 1. The van der Waals surface area contributed by atoms with Crippen molar-refractivity contribution < 1.29 is 17.6 Å². The summed E-state index contributed by atoms with van der Waals surface area (Å²) in [5, 5.41) is 5.17. The van der Waals surface area contributed by atoms with Crippen LogP contribution in [0.15, 0.2) is 58.5 Å². The van der Waals surface area contributed by atoms with Crippen LogP contribution in [0, 0.1) is 5.82 Å². The van der Waals surface area contributed by atoms with Crippen molar-refractivity contribution in [3.63, 3.8) is 0 Å². The first-order valence-corrected chi connectivity index (χ1v) is 10.2. The molecule has 0 spiro atoms. The highest BCUT2D eigenvalue weighted by molar-refractivity contribution is 8.08. The molecule has 0 bridgehead atoms. The average molecular weight is 387 g/mol. The molecular weight excluding hydrogens is 369 g/mol. The fraction of sp³-hybridized carbons (Fsp3) is 0.263. The van der Waals surface area contributed by atoms with Crippen molar-refractivity contribution in [2.45, 2.75) is 24.3 Å². The summed E-state index contributed by atoms with van der Waals surface area (Å²) in [6.07, 6.45) is 1.70.